The van der Waals surface area contributed by atoms with Gasteiger partial charge in [-0.25, -0.2) is 0 Å². The normalized spacial score (nSPS) is 13.0. The SMILES string of the molecule is COc1ccc(OC)c([C@@H](C)NC(=S)NCc2ccc3c(c2)OCO3)c1. The lowest BCUT2D eigenvalue weighted by atomic mass is 10.1. The fourth-order valence-electron chi connectivity index (χ4n) is 2.74. The number of methoxy groups -OCH3 is 2. The highest BCUT2D eigenvalue weighted by Crippen LogP contribution is 2.32. The third kappa shape index (κ3) is 4.11. The van der Waals surface area contributed by atoms with Crippen molar-refractivity contribution >= 4 is 17.3 Å². The molecule has 0 aromatic heterocycles. The van der Waals surface area contributed by atoms with Gasteiger partial charge >= 0.3 is 0 Å². The molecule has 0 aliphatic carbocycles. The van der Waals surface area contributed by atoms with E-state index in [2.05, 4.69) is 10.6 Å². The highest BCUT2D eigenvalue weighted by Gasteiger charge is 2.15. The van der Waals surface area contributed by atoms with E-state index >= 15 is 0 Å². The molecule has 7 heteroatoms. The first-order valence-corrected chi connectivity index (χ1v) is 8.66. The molecule has 3 rings (SSSR count). The van der Waals surface area contributed by atoms with E-state index in [-0.39, 0.29) is 12.8 Å². The molecule has 0 spiro atoms. The van der Waals surface area contributed by atoms with Crippen molar-refractivity contribution in [3.05, 3.63) is 47.5 Å². The summed E-state index contributed by atoms with van der Waals surface area (Å²) in [5.41, 5.74) is 2.03. The average Bonchev–Trinajstić information content (AvgIpc) is 3.13. The highest BCUT2D eigenvalue weighted by molar-refractivity contribution is 7.80. The van der Waals surface area contributed by atoms with Crippen LogP contribution in [0.1, 0.15) is 24.1 Å². The Hall–Kier alpha value is -2.67. The molecular weight excluding hydrogens is 352 g/mol. The summed E-state index contributed by atoms with van der Waals surface area (Å²) >= 11 is 5.42. The smallest absolute Gasteiger partial charge is 0.231 e. The quantitative estimate of drug-likeness (QED) is 0.753. The van der Waals surface area contributed by atoms with E-state index in [1.165, 1.54) is 0 Å². The second-order valence-corrected chi connectivity index (χ2v) is 6.25. The molecule has 0 saturated carbocycles. The van der Waals surface area contributed by atoms with Crippen LogP contribution in [0.3, 0.4) is 0 Å². The van der Waals surface area contributed by atoms with Gasteiger partial charge in [0, 0.05) is 12.1 Å². The minimum Gasteiger partial charge on any atom is -0.497 e. The largest absolute Gasteiger partial charge is 0.497 e. The van der Waals surface area contributed by atoms with Gasteiger partial charge in [-0.1, -0.05) is 6.07 Å². The zero-order valence-electron chi connectivity index (χ0n) is 15.0. The molecule has 0 saturated heterocycles. The number of ether oxygens (including phenoxy) is 4. The summed E-state index contributed by atoms with van der Waals surface area (Å²) in [7, 11) is 3.29. The van der Waals surface area contributed by atoms with E-state index in [0.717, 1.165) is 34.1 Å². The van der Waals surface area contributed by atoms with Crippen LogP contribution in [0.4, 0.5) is 0 Å². The number of rotatable bonds is 6. The third-order valence-corrected chi connectivity index (χ3v) is 4.40. The summed E-state index contributed by atoms with van der Waals surface area (Å²) in [6, 6.07) is 11.5. The third-order valence-electron chi connectivity index (χ3n) is 4.14. The minimum absolute atomic E-state index is 0.0446. The Balaban J connectivity index is 1.59. The Morgan fingerprint density at radius 1 is 1.12 bits per heavy atom. The molecule has 138 valence electrons. The van der Waals surface area contributed by atoms with Gasteiger partial charge in [0.05, 0.1) is 20.3 Å². The van der Waals surface area contributed by atoms with Crippen molar-refractivity contribution in [3.8, 4) is 23.0 Å². The topological polar surface area (TPSA) is 61.0 Å². The Bertz CT molecular complexity index is 797. The van der Waals surface area contributed by atoms with Crippen LogP contribution in [0.5, 0.6) is 23.0 Å². The number of hydrogen-bond acceptors (Lipinski definition) is 5. The Kier molecular flexibility index (Phi) is 5.68. The van der Waals surface area contributed by atoms with E-state index in [0.29, 0.717) is 11.7 Å². The van der Waals surface area contributed by atoms with Gasteiger partial charge in [-0.2, -0.15) is 0 Å². The van der Waals surface area contributed by atoms with Gasteiger partial charge in [-0.05, 0) is 55.0 Å². The molecule has 1 atom stereocenters. The molecule has 0 fully saturated rings. The first-order valence-electron chi connectivity index (χ1n) is 8.25. The molecule has 2 N–H and O–H groups in total. The molecule has 6 nitrogen and oxygen atoms in total. The summed E-state index contributed by atoms with van der Waals surface area (Å²) in [6.45, 7) is 2.88. The maximum absolute atomic E-state index is 5.43. The lowest BCUT2D eigenvalue weighted by molar-refractivity contribution is 0.174. The number of thiocarbonyl (C=S) groups is 1. The van der Waals surface area contributed by atoms with Crippen molar-refractivity contribution in [3.63, 3.8) is 0 Å². The number of benzene rings is 2. The Labute approximate surface area is 158 Å². The van der Waals surface area contributed by atoms with Crippen LogP contribution >= 0.6 is 12.2 Å². The predicted octanol–water partition coefficient (Wildman–Crippen LogP) is 3.16. The highest BCUT2D eigenvalue weighted by atomic mass is 32.1. The molecule has 1 heterocycles. The number of fused-ring (bicyclic) bond motifs is 1. The fourth-order valence-corrected chi connectivity index (χ4v) is 2.99. The van der Waals surface area contributed by atoms with E-state index in [9.17, 15) is 0 Å². The van der Waals surface area contributed by atoms with Crippen molar-refractivity contribution in [2.75, 3.05) is 21.0 Å². The average molecular weight is 374 g/mol. The summed E-state index contributed by atoms with van der Waals surface area (Å²) in [5.74, 6) is 3.09. The maximum atomic E-state index is 5.43. The predicted molar refractivity (Wildman–Crippen MR) is 103 cm³/mol. The molecule has 2 aromatic carbocycles. The van der Waals surface area contributed by atoms with Crippen LogP contribution in [-0.4, -0.2) is 26.1 Å². The van der Waals surface area contributed by atoms with Crippen LogP contribution in [-0.2, 0) is 6.54 Å². The van der Waals surface area contributed by atoms with Gasteiger partial charge in [0.15, 0.2) is 16.6 Å². The van der Waals surface area contributed by atoms with Crippen LogP contribution in [0.2, 0.25) is 0 Å². The molecule has 0 radical (unpaired) electrons. The van der Waals surface area contributed by atoms with E-state index < -0.39 is 0 Å². The van der Waals surface area contributed by atoms with Gasteiger partial charge in [-0.3, -0.25) is 0 Å². The van der Waals surface area contributed by atoms with Crippen LogP contribution < -0.4 is 29.6 Å². The number of nitrogens with one attached hydrogen (secondary N) is 2. The van der Waals surface area contributed by atoms with Crippen molar-refractivity contribution < 1.29 is 18.9 Å². The fraction of sp³-hybridized carbons (Fsp3) is 0.316. The second kappa shape index (κ2) is 8.14. The molecule has 0 bridgehead atoms. The zero-order valence-corrected chi connectivity index (χ0v) is 15.8. The first-order chi connectivity index (χ1) is 12.6. The first kappa shape index (κ1) is 18.1. The molecule has 1 aliphatic rings. The van der Waals surface area contributed by atoms with E-state index in [4.69, 9.17) is 31.2 Å². The molecule has 0 unspecified atom stereocenters. The Morgan fingerprint density at radius 2 is 1.92 bits per heavy atom. The standard InChI is InChI=1S/C19H22N2O4S/c1-12(15-9-14(22-2)5-7-16(15)23-3)21-19(26)20-10-13-4-6-17-18(8-13)25-11-24-17/h4-9,12H,10-11H2,1-3H3,(H2,20,21,26)/t12-/m1/s1. The van der Waals surface area contributed by atoms with Crippen LogP contribution in [0, 0.1) is 0 Å². The van der Waals surface area contributed by atoms with Gasteiger partial charge in [-0.15, -0.1) is 0 Å². The van der Waals surface area contributed by atoms with Crippen molar-refractivity contribution in [2.45, 2.75) is 19.5 Å². The van der Waals surface area contributed by atoms with Gasteiger partial charge in [0.25, 0.3) is 0 Å². The molecular formula is C19H22N2O4S. The lowest BCUT2D eigenvalue weighted by Crippen LogP contribution is -2.36. The summed E-state index contributed by atoms with van der Waals surface area (Å²) in [4.78, 5) is 0. The van der Waals surface area contributed by atoms with E-state index in [1.54, 1.807) is 14.2 Å². The van der Waals surface area contributed by atoms with E-state index in [1.807, 2.05) is 43.3 Å². The monoisotopic (exact) mass is 374 g/mol. The van der Waals surface area contributed by atoms with Crippen molar-refractivity contribution in [1.29, 1.82) is 0 Å². The minimum atomic E-state index is -0.0446. The summed E-state index contributed by atoms with van der Waals surface area (Å²) in [6.07, 6.45) is 0. The molecule has 26 heavy (non-hydrogen) atoms. The van der Waals surface area contributed by atoms with Crippen molar-refractivity contribution in [2.24, 2.45) is 0 Å². The van der Waals surface area contributed by atoms with Crippen molar-refractivity contribution in [1.82, 2.24) is 10.6 Å². The zero-order chi connectivity index (χ0) is 18.5. The summed E-state index contributed by atoms with van der Waals surface area (Å²) < 4.78 is 21.4. The Morgan fingerprint density at radius 3 is 2.69 bits per heavy atom. The van der Waals surface area contributed by atoms with Gasteiger partial charge < -0.3 is 29.6 Å². The van der Waals surface area contributed by atoms with Crippen LogP contribution in [0.15, 0.2) is 36.4 Å². The molecule has 1 aliphatic heterocycles. The number of hydrogen-bond donors (Lipinski definition) is 2. The molecule has 2 aromatic rings. The second-order valence-electron chi connectivity index (χ2n) is 5.84. The summed E-state index contributed by atoms with van der Waals surface area (Å²) in [5, 5.41) is 7.04. The van der Waals surface area contributed by atoms with Gasteiger partial charge in [0.2, 0.25) is 6.79 Å². The van der Waals surface area contributed by atoms with Gasteiger partial charge in [0.1, 0.15) is 11.5 Å². The van der Waals surface area contributed by atoms with Crippen LogP contribution in [0.25, 0.3) is 0 Å². The molecule has 0 amide bonds. The lowest BCUT2D eigenvalue weighted by Gasteiger charge is -2.20. The maximum Gasteiger partial charge on any atom is 0.231 e.